The van der Waals surface area contributed by atoms with Crippen LogP contribution in [-0.2, 0) is 6.42 Å². The zero-order valence-corrected chi connectivity index (χ0v) is 11.5. The van der Waals surface area contributed by atoms with Crippen molar-refractivity contribution in [1.29, 1.82) is 0 Å². The Labute approximate surface area is 117 Å². The van der Waals surface area contributed by atoms with Crippen molar-refractivity contribution in [2.24, 2.45) is 0 Å². The molecule has 1 aliphatic rings. The van der Waals surface area contributed by atoms with Crippen LogP contribution in [0.5, 0.6) is 0 Å². The zero-order valence-electron chi connectivity index (χ0n) is 10.7. The molecule has 0 heterocycles. The van der Waals surface area contributed by atoms with Gasteiger partial charge in [-0.15, -0.1) is 0 Å². The summed E-state index contributed by atoms with van der Waals surface area (Å²) in [5, 5.41) is 4.24. The third-order valence-corrected chi connectivity index (χ3v) is 4.10. The van der Waals surface area contributed by atoms with E-state index in [1.807, 2.05) is 31.2 Å². The van der Waals surface area contributed by atoms with Crippen LogP contribution in [-0.4, -0.2) is 0 Å². The molecular weight excluding hydrogens is 261 g/mol. The van der Waals surface area contributed by atoms with E-state index in [1.165, 1.54) is 11.6 Å². The molecule has 0 amide bonds. The minimum absolute atomic E-state index is 0.155. The van der Waals surface area contributed by atoms with E-state index in [4.69, 9.17) is 11.6 Å². The number of anilines is 1. The number of rotatable bonds is 2. The van der Waals surface area contributed by atoms with Gasteiger partial charge in [-0.1, -0.05) is 23.7 Å². The highest BCUT2D eigenvalue weighted by Crippen LogP contribution is 2.34. The van der Waals surface area contributed by atoms with Crippen LogP contribution in [0.15, 0.2) is 36.4 Å². The number of benzene rings is 2. The molecular formula is C16H15ClFN. The summed E-state index contributed by atoms with van der Waals surface area (Å²) in [6, 6.07) is 11.3. The summed E-state index contributed by atoms with van der Waals surface area (Å²) < 4.78 is 13.2. The highest BCUT2D eigenvalue weighted by molar-refractivity contribution is 6.31. The van der Waals surface area contributed by atoms with E-state index in [0.717, 1.165) is 34.7 Å². The van der Waals surface area contributed by atoms with Gasteiger partial charge in [0.25, 0.3) is 0 Å². The standard InChI is InChI=1S/C16H15ClFN/c1-10-2-5-13(9-15(10)17)19-16-7-3-11-8-12(18)4-6-14(11)16/h2,4-6,8-9,16,19H,3,7H2,1H3. The summed E-state index contributed by atoms with van der Waals surface area (Å²) in [7, 11) is 0. The van der Waals surface area contributed by atoms with Crippen LogP contribution in [0.4, 0.5) is 10.1 Å². The van der Waals surface area contributed by atoms with Crippen LogP contribution < -0.4 is 5.32 Å². The normalized spacial score (nSPS) is 17.3. The van der Waals surface area contributed by atoms with Gasteiger partial charge >= 0.3 is 0 Å². The number of halogens is 2. The van der Waals surface area contributed by atoms with Gasteiger partial charge in [0.1, 0.15) is 5.82 Å². The van der Waals surface area contributed by atoms with E-state index in [2.05, 4.69) is 5.32 Å². The number of hydrogen-bond donors (Lipinski definition) is 1. The second kappa shape index (κ2) is 4.86. The van der Waals surface area contributed by atoms with Crippen LogP contribution in [0.25, 0.3) is 0 Å². The van der Waals surface area contributed by atoms with Gasteiger partial charge in [-0.2, -0.15) is 0 Å². The van der Waals surface area contributed by atoms with Crippen LogP contribution in [0.3, 0.4) is 0 Å². The molecule has 2 aromatic rings. The summed E-state index contributed by atoms with van der Waals surface area (Å²) in [6.07, 6.45) is 1.91. The van der Waals surface area contributed by atoms with Crippen LogP contribution in [0, 0.1) is 12.7 Å². The van der Waals surface area contributed by atoms with E-state index in [9.17, 15) is 4.39 Å². The van der Waals surface area contributed by atoms with Crippen molar-refractivity contribution in [3.63, 3.8) is 0 Å². The first kappa shape index (κ1) is 12.5. The maximum absolute atomic E-state index is 13.2. The molecule has 1 nitrogen and oxygen atoms in total. The lowest BCUT2D eigenvalue weighted by Crippen LogP contribution is -2.07. The Morgan fingerprint density at radius 2 is 2.05 bits per heavy atom. The third kappa shape index (κ3) is 2.45. The molecule has 3 rings (SSSR count). The van der Waals surface area contributed by atoms with Crippen molar-refractivity contribution >= 4 is 17.3 Å². The molecule has 19 heavy (non-hydrogen) atoms. The minimum Gasteiger partial charge on any atom is -0.378 e. The van der Waals surface area contributed by atoms with Gasteiger partial charge in [-0.25, -0.2) is 4.39 Å². The molecule has 98 valence electrons. The summed E-state index contributed by atoms with van der Waals surface area (Å²) in [5.74, 6) is -0.155. The van der Waals surface area contributed by atoms with E-state index < -0.39 is 0 Å². The van der Waals surface area contributed by atoms with Crippen molar-refractivity contribution in [2.45, 2.75) is 25.8 Å². The molecule has 0 aliphatic heterocycles. The summed E-state index contributed by atoms with van der Waals surface area (Å²) in [4.78, 5) is 0. The van der Waals surface area contributed by atoms with Gasteiger partial charge in [0, 0.05) is 10.7 Å². The lowest BCUT2D eigenvalue weighted by molar-refractivity contribution is 0.626. The zero-order chi connectivity index (χ0) is 13.4. The highest BCUT2D eigenvalue weighted by Gasteiger charge is 2.22. The first-order chi connectivity index (χ1) is 9.13. The Bertz CT molecular complexity index is 624. The van der Waals surface area contributed by atoms with E-state index >= 15 is 0 Å². The smallest absolute Gasteiger partial charge is 0.123 e. The van der Waals surface area contributed by atoms with Crippen LogP contribution in [0.1, 0.15) is 29.2 Å². The molecule has 0 aromatic heterocycles. The molecule has 1 unspecified atom stereocenters. The Balaban J connectivity index is 1.84. The van der Waals surface area contributed by atoms with Crippen LogP contribution >= 0.6 is 11.6 Å². The average Bonchev–Trinajstić information content (AvgIpc) is 2.76. The predicted molar refractivity (Wildman–Crippen MR) is 77.3 cm³/mol. The average molecular weight is 276 g/mol. The number of nitrogens with one attached hydrogen (secondary N) is 1. The SMILES string of the molecule is Cc1ccc(NC2CCc3cc(F)ccc32)cc1Cl. The minimum atomic E-state index is -0.155. The van der Waals surface area contributed by atoms with E-state index in [-0.39, 0.29) is 11.9 Å². The van der Waals surface area contributed by atoms with Crippen molar-refractivity contribution in [3.05, 3.63) is 63.9 Å². The van der Waals surface area contributed by atoms with Crippen molar-refractivity contribution in [3.8, 4) is 0 Å². The Morgan fingerprint density at radius 3 is 2.84 bits per heavy atom. The van der Waals surface area contributed by atoms with Crippen molar-refractivity contribution in [2.75, 3.05) is 5.32 Å². The van der Waals surface area contributed by atoms with Crippen molar-refractivity contribution in [1.82, 2.24) is 0 Å². The Kier molecular flexibility index (Phi) is 3.19. The monoisotopic (exact) mass is 275 g/mol. The fourth-order valence-electron chi connectivity index (χ4n) is 2.62. The Morgan fingerprint density at radius 1 is 1.21 bits per heavy atom. The second-order valence-electron chi connectivity index (χ2n) is 5.04. The first-order valence-corrected chi connectivity index (χ1v) is 6.82. The lowest BCUT2D eigenvalue weighted by Gasteiger charge is -2.16. The van der Waals surface area contributed by atoms with Gasteiger partial charge < -0.3 is 5.32 Å². The van der Waals surface area contributed by atoms with Gasteiger partial charge in [0.15, 0.2) is 0 Å². The second-order valence-corrected chi connectivity index (χ2v) is 5.45. The number of fused-ring (bicyclic) bond motifs is 1. The largest absolute Gasteiger partial charge is 0.378 e. The van der Waals surface area contributed by atoms with Gasteiger partial charge in [-0.3, -0.25) is 0 Å². The predicted octanol–water partition coefficient (Wildman–Crippen LogP) is 4.89. The summed E-state index contributed by atoms with van der Waals surface area (Å²) in [6.45, 7) is 1.99. The maximum Gasteiger partial charge on any atom is 0.123 e. The van der Waals surface area contributed by atoms with Crippen molar-refractivity contribution < 1.29 is 4.39 Å². The number of aryl methyl sites for hydroxylation is 2. The molecule has 0 bridgehead atoms. The fraction of sp³-hybridized carbons (Fsp3) is 0.250. The highest BCUT2D eigenvalue weighted by atomic mass is 35.5. The maximum atomic E-state index is 13.2. The van der Waals surface area contributed by atoms with E-state index in [1.54, 1.807) is 6.07 Å². The molecule has 1 atom stereocenters. The summed E-state index contributed by atoms with van der Waals surface area (Å²) >= 11 is 6.13. The molecule has 1 N–H and O–H groups in total. The molecule has 0 saturated carbocycles. The molecule has 0 fully saturated rings. The Hall–Kier alpha value is -1.54. The molecule has 0 saturated heterocycles. The molecule has 3 heteroatoms. The van der Waals surface area contributed by atoms with Gasteiger partial charge in [0.05, 0.1) is 6.04 Å². The van der Waals surface area contributed by atoms with E-state index in [0.29, 0.717) is 0 Å². The molecule has 0 radical (unpaired) electrons. The van der Waals surface area contributed by atoms with Crippen LogP contribution in [0.2, 0.25) is 5.02 Å². The van der Waals surface area contributed by atoms with Gasteiger partial charge in [0.2, 0.25) is 0 Å². The molecule has 2 aromatic carbocycles. The van der Waals surface area contributed by atoms with Gasteiger partial charge in [-0.05, 0) is 60.7 Å². The summed E-state index contributed by atoms with van der Waals surface area (Å²) in [5.41, 5.74) is 4.38. The topological polar surface area (TPSA) is 12.0 Å². The number of hydrogen-bond acceptors (Lipinski definition) is 1. The molecule has 0 spiro atoms. The molecule has 1 aliphatic carbocycles. The quantitative estimate of drug-likeness (QED) is 0.823. The first-order valence-electron chi connectivity index (χ1n) is 6.44. The lowest BCUT2D eigenvalue weighted by atomic mass is 10.1. The third-order valence-electron chi connectivity index (χ3n) is 3.70. The fourth-order valence-corrected chi connectivity index (χ4v) is 2.80.